The number of rotatable bonds is 1. The van der Waals surface area contributed by atoms with E-state index in [9.17, 15) is 0 Å². The molecule has 1 rings (SSSR count). The molecular formula is C13H27B. The summed E-state index contributed by atoms with van der Waals surface area (Å²) in [5, 5.41) is 0.658. The van der Waals surface area contributed by atoms with Gasteiger partial charge in [0.1, 0.15) is 7.85 Å². The van der Waals surface area contributed by atoms with E-state index in [4.69, 9.17) is 0 Å². The lowest BCUT2D eigenvalue weighted by Gasteiger charge is -2.30. The summed E-state index contributed by atoms with van der Waals surface area (Å²) in [7, 11) is 2.50. The molecular weight excluding hydrogens is 167 g/mol. The Morgan fingerprint density at radius 1 is 1.07 bits per heavy atom. The van der Waals surface area contributed by atoms with E-state index in [1.165, 1.54) is 57.8 Å². The Hall–Kier alpha value is 0.0649. The van der Waals surface area contributed by atoms with E-state index < -0.39 is 0 Å². The van der Waals surface area contributed by atoms with Crippen LogP contribution in [0, 0.1) is 5.92 Å². The molecule has 82 valence electrons. The quantitative estimate of drug-likeness (QED) is 0.554. The van der Waals surface area contributed by atoms with Gasteiger partial charge in [0.15, 0.2) is 0 Å². The first-order chi connectivity index (χ1) is 6.66. The minimum atomic E-state index is 0.658. The van der Waals surface area contributed by atoms with E-state index in [0.717, 1.165) is 5.92 Å². The Morgan fingerprint density at radius 2 is 1.79 bits per heavy atom. The highest BCUT2D eigenvalue weighted by molar-refractivity contribution is 6.15. The summed E-state index contributed by atoms with van der Waals surface area (Å²) in [6, 6.07) is 0. The molecule has 0 saturated heterocycles. The van der Waals surface area contributed by atoms with E-state index in [0.29, 0.717) is 5.31 Å². The molecule has 2 unspecified atom stereocenters. The van der Waals surface area contributed by atoms with Crippen LogP contribution in [0.25, 0.3) is 0 Å². The predicted octanol–water partition coefficient (Wildman–Crippen LogP) is 3.96. The van der Waals surface area contributed by atoms with Crippen molar-refractivity contribution in [2.24, 2.45) is 5.92 Å². The molecule has 14 heavy (non-hydrogen) atoms. The van der Waals surface area contributed by atoms with Gasteiger partial charge in [-0.15, -0.1) is 0 Å². The van der Waals surface area contributed by atoms with Crippen LogP contribution < -0.4 is 0 Å². The van der Waals surface area contributed by atoms with Gasteiger partial charge in [0, 0.05) is 0 Å². The molecule has 0 radical (unpaired) electrons. The molecule has 1 heteroatoms. The lowest BCUT2D eigenvalue weighted by atomic mass is 9.60. The topological polar surface area (TPSA) is 0 Å². The summed E-state index contributed by atoms with van der Waals surface area (Å²) < 4.78 is 0. The van der Waals surface area contributed by atoms with Gasteiger partial charge in [-0.1, -0.05) is 76.9 Å². The highest BCUT2D eigenvalue weighted by atomic mass is 14.2. The van der Waals surface area contributed by atoms with Crippen molar-refractivity contribution in [1.82, 2.24) is 0 Å². The SMILES string of the molecule is BC1(CC)CCCCCCC(C)CC1. The van der Waals surface area contributed by atoms with Gasteiger partial charge in [0.25, 0.3) is 0 Å². The highest BCUT2D eigenvalue weighted by Gasteiger charge is 2.22. The lowest BCUT2D eigenvalue weighted by molar-refractivity contribution is 0.350. The highest BCUT2D eigenvalue weighted by Crippen LogP contribution is 2.40. The first-order valence-corrected chi connectivity index (χ1v) is 6.66. The molecule has 1 fully saturated rings. The van der Waals surface area contributed by atoms with Crippen LogP contribution in [0.5, 0.6) is 0 Å². The largest absolute Gasteiger partial charge is 0.109 e. The first kappa shape index (κ1) is 12.1. The maximum atomic E-state index is 2.50. The predicted molar refractivity (Wildman–Crippen MR) is 67.6 cm³/mol. The smallest absolute Gasteiger partial charge is 0.0655 e. The Labute approximate surface area is 91.3 Å². The fourth-order valence-corrected chi connectivity index (χ4v) is 2.62. The van der Waals surface area contributed by atoms with Gasteiger partial charge in [-0.05, 0) is 5.92 Å². The zero-order valence-corrected chi connectivity index (χ0v) is 10.4. The van der Waals surface area contributed by atoms with E-state index in [2.05, 4.69) is 21.7 Å². The van der Waals surface area contributed by atoms with Gasteiger partial charge in [-0.25, -0.2) is 0 Å². The van der Waals surface area contributed by atoms with Crippen LogP contribution in [-0.2, 0) is 0 Å². The molecule has 2 atom stereocenters. The van der Waals surface area contributed by atoms with Gasteiger partial charge in [-0.3, -0.25) is 0 Å². The third kappa shape index (κ3) is 4.06. The van der Waals surface area contributed by atoms with Crippen molar-refractivity contribution >= 4 is 7.85 Å². The van der Waals surface area contributed by atoms with Gasteiger partial charge in [0.05, 0.1) is 0 Å². The second-order valence-corrected chi connectivity index (χ2v) is 5.76. The van der Waals surface area contributed by atoms with Crippen molar-refractivity contribution in [1.29, 1.82) is 0 Å². The van der Waals surface area contributed by atoms with Gasteiger partial charge >= 0.3 is 0 Å². The van der Waals surface area contributed by atoms with Crippen LogP contribution in [0.3, 0.4) is 0 Å². The van der Waals surface area contributed by atoms with Gasteiger partial charge in [-0.2, -0.15) is 0 Å². The van der Waals surface area contributed by atoms with E-state index in [1.807, 2.05) is 0 Å². The van der Waals surface area contributed by atoms with Crippen molar-refractivity contribution < 1.29 is 0 Å². The summed E-state index contributed by atoms with van der Waals surface area (Å²) in [6.45, 7) is 4.81. The molecule has 0 amide bonds. The van der Waals surface area contributed by atoms with Crippen LogP contribution >= 0.6 is 0 Å². The zero-order valence-electron chi connectivity index (χ0n) is 10.4. The molecule has 0 aromatic carbocycles. The Balaban J connectivity index is 2.44. The van der Waals surface area contributed by atoms with E-state index in [-0.39, 0.29) is 0 Å². The van der Waals surface area contributed by atoms with E-state index >= 15 is 0 Å². The standard InChI is InChI=1S/C13H27B/c1-3-13(14)10-7-5-4-6-8-12(2)9-11-13/h12H,3-11,14H2,1-2H3. The molecule has 0 N–H and O–H groups in total. The Morgan fingerprint density at radius 3 is 2.50 bits per heavy atom. The maximum Gasteiger partial charge on any atom is 0.109 e. The fourth-order valence-electron chi connectivity index (χ4n) is 2.62. The monoisotopic (exact) mass is 194 g/mol. The molecule has 1 aliphatic rings. The maximum absolute atomic E-state index is 2.50. The molecule has 0 heterocycles. The molecule has 1 saturated carbocycles. The summed E-state index contributed by atoms with van der Waals surface area (Å²) in [4.78, 5) is 0. The number of hydrogen-bond acceptors (Lipinski definition) is 0. The van der Waals surface area contributed by atoms with Gasteiger partial charge in [0.2, 0.25) is 0 Å². The van der Waals surface area contributed by atoms with Crippen molar-refractivity contribution in [3.05, 3.63) is 0 Å². The second kappa shape index (κ2) is 5.83. The van der Waals surface area contributed by atoms with Crippen LogP contribution in [-0.4, -0.2) is 7.85 Å². The molecule has 0 nitrogen and oxygen atoms in total. The normalized spacial score (nSPS) is 36.6. The minimum Gasteiger partial charge on any atom is -0.0655 e. The number of hydrogen-bond donors (Lipinski definition) is 0. The van der Waals surface area contributed by atoms with Crippen LogP contribution in [0.1, 0.15) is 71.6 Å². The van der Waals surface area contributed by atoms with Gasteiger partial charge < -0.3 is 0 Å². The lowest BCUT2D eigenvalue weighted by Crippen LogP contribution is -2.14. The fraction of sp³-hybridized carbons (Fsp3) is 1.00. The Bertz CT molecular complexity index is 155. The molecule has 0 bridgehead atoms. The van der Waals surface area contributed by atoms with E-state index in [1.54, 1.807) is 0 Å². The summed E-state index contributed by atoms with van der Waals surface area (Å²) in [5.74, 6) is 0.971. The zero-order chi connectivity index (χ0) is 10.4. The van der Waals surface area contributed by atoms with Crippen molar-refractivity contribution in [2.75, 3.05) is 0 Å². The summed E-state index contributed by atoms with van der Waals surface area (Å²) >= 11 is 0. The van der Waals surface area contributed by atoms with Crippen LogP contribution in [0.15, 0.2) is 0 Å². The van der Waals surface area contributed by atoms with Crippen LogP contribution in [0.2, 0.25) is 5.31 Å². The summed E-state index contributed by atoms with van der Waals surface area (Å²) in [5.41, 5.74) is 0. The molecule has 0 aromatic rings. The Kier molecular flexibility index (Phi) is 5.05. The molecule has 1 aliphatic carbocycles. The van der Waals surface area contributed by atoms with Crippen molar-refractivity contribution in [2.45, 2.75) is 76.9 Å². The van der Waals surface area contributed by atoms with Crippen molar-refractivity contribution in [3.63, 3.8) is 0 Å². The van der Waals surface area contributed by atoms with Crippen LogP contribution in [0.4, 0.5) is 0 Å². The average Bonchev–Trinajstić information content (AvgIpc) is 2.20. The third-order valence-corrected chi connectivity index (χ3v) is 4.32. The molecule has 0 aliphatic heterocycles. The third-order valence-electron chi connectivity index (χ3n) is 4.32. The van der Waals surface area contributed by atoms with Crippen molar-refractivity contribution in [3.8, 4) is 0 Å². The second-order valence-electron chi connectivity index (χ2n) is 5.76. The minimum absolute atomic E-state index is 0.658. The first-order valence-electron chi connectivity index (χ1n) is 6.66. The molecule has 0 aromatic heterocycles. The summed E-state index contributed by atoms with van der Waals surface area (Å²) in [6.07, 6.45) is 13.1. The average molecular weight is 194 g/mol. The molecule has 0 spiro atoms.